The van der Waals surface area contributed by atoms with Crippen molar-refractivity contribution in [3.05, 3.63) is 48.0 Å². The Morgan fingerprint density at radius 1 is 1.26 bits per heavy atom. The highest BCUT2D eigenvalue weighted by atomic mass is 16.5. The third-order valence-electron chi connectivity index (χ3n) is 4.35. The number of rotatable bonds is 3. The number of benzene rings is 1. The van der Waals surface area contributed by atoms with Crippen LogP contribution in [0.4, 0.5) is 4.79 Å². The summed E-state index contributed by atoms with van der Waals surface area (Å²) in [6.07, 6.45) is 5.38. The van der Waals surface area contributed by atoms with Gasteiger partial charge in [-0.15, -0.1) is 0 Å². The van der Waals surface area contributed by atoms with E-state index in [0.717, 1.165) is 5.56 Å². The van der Waals surface area contributed by atoms with E-state index in [1.807, 2.05) is 30.3 Å². The maximum absolute atomic E-state index is 11.8. The fraction of sp³-hybridized carbons (Fsp3) is 0.438. The SMILES string of the molecule is C[C@H]1C2C=CC(C2)[C@@H]1NC(=O)OCc1ccccc1. The molecule has 0 saturated heterocycles. The highest BCUT2D eigenvalue weighted by Crippen LogP contribution is 2.43. The zero-order valence-electron chi connectivity index (χ0n) is 11.1. The van der Waals surface area contributed by atoms with Gasteiger partial charge in [-0.2, -0.15) is 0 Å². The molecule has 0 aliphatic heterocycles. The van der Waals surface area contributed by atoms with Gasteiger partial charge in [0.15, 0.2) is 0 Å². The highest BCUT2D eigenvalue weighted by Gasteiger charge is 2.42. The van der Waals surface area contributed by atoms with Crippen LogP contribution >= 0.6 is 0 Å². The number of carbonyl (C=O) groups is 1. The molecule has 19 heavy (non-hydrogen) atoms. The molecule has 1 amide bonds. The van der Waals surface area contributed by atoms with Gasteiger partial charge in [0.2, 0.25) is 0 Å². The summed E-state index contributed by atoms with van der Waals surface area (Å²) >= 11 is 0. The van der Waals surface area contributed by atoms with E-state index < -0.39 is 0 Å². The zero-order chi connectivity index (χ0) is 13.2. The molecule has 2 bridgehead atoms. The Kier molecular flexibility index (Phi) is 3.28. The van der Waals surface area contributed by atoms with Gasteiger partial charge in [0.1, 0.15) is 6.61 Å². The van der Waals surface area contributed by atoms with Crippen LogP contribution in [0.15, 0.2) is 42.5 Å². The fourth-order valence-electron chi connectivity index (χ4n) is 3.21. The van der Waals surface area contributed by atoms with Gasteiger partial charge in [0.05, 0.1) is 0 Å². The third kappa shape index (κ3) is 2.50. The molecule has 0 radical (unpaired) electrons. The van der Waals surface area contributed by atoms with Crippen molar-refractivity contribution in [3.63, 3.8) is 0 Å². The van der Waals surface area contributed by atoms with E-state index in [4.69, 9.17) is 4.74 Å². The summed E-state index contributed by atoms with van der Waals surface area (Å²) in [5.41, 5.74) is 1.01. The van der Waals surface area contributed by atoms with Gasteiger partial charge in [0, 0.05) is 6.04 Å². The van der Waals surface area contributed by atoms with Crippen LogP contribution < -0.4 is 5.32 Å². The summed E-state index contributed by atoms with van der Waals surface area (Å²) < 4.78 is 5.27. The summed E-state index contributed by atoms with van der Waals surface area (Å²) in [7, 11) is 0. The second kappa shape index (κ2) is 5.08. The Bertz CT molecular complexity index is 483. The molecule has 0 heterocycles. The summed E-state index contributed by atoms with van der Waals surface area (Å²) in [6, 6.07) is 9.98. The quantitative estimate of drug-likeness (QED) is 0.845. The van der Waals surface area contributed by atoms with Crippen molar-refractivity contribution in [1.82, 2.24) is 5.32 Å². The minimum atomic E-state index is -0.304. The lowest BCUT2D eigenvalue weighted by Crippen LogP contribution is -2.42. The van der Waals surface area contributed by atoms with Gasteiger partial charge in [-0.1, -0.05) is 49.4 Å². The summed E-state index contributed by atoms with van der Waals surface area (Å²) in [5.74, 6) is 1.63. The van der Waals surface area contributed by atoms with E-state index in [9.17, 15) is 4.79 Å². The predicted molar refractivity (Wildman–Crippen MR) is 73.5 cm³/mol. The van der Waals surface area contributed by atoms with E-state index in [2.05, 4.69) is 24.4 Å². The van der Waals surface area contributed by atoms with Crippen LogP contribution in [-0.4, -0.2) is 12.1 Å². The van der Waals surface area contributed by atoms with Crippen LogP contribution in [0.1, 0.15) is 18.9 Å². The number of amides is 1. The lowest BCUT2D eigenvalue weighted by molar-refractivity contribution is 0.131. The predicted octanol–water partition coefficient (Wildman–Crippen LogP) is 3.12. The number of hydrogen-bond acceptors (Lipinski definition) is 2. The van der Waals surface area contributed by atoms with Crippen LogP contribution in [0, 0.1) is 17.8 Å². The summed E-state index contributed by atoms with van der Waals surface area (Å²) in [4.78, 5) is 11.8. The van der Waals surface area contributed by atoms with Crippen molar-refractivity contribution in [2.24, 2.45) is 17.8 Å². The first-order chi connectivity index (χ1) is 9.24. The van der Waals surface area contributed by atoms with Crippen LogP contribution in [-0.2, 0) is 11.3 Å². The second-order valence-corrected chi connectivity index (χ2v) is 5.54. The molecule has 1 aromatic carbocycles. The first-order valence-corrected chi connectivity index (χ1v) is 6.89. The van der Waals surface area contributed by atoms with Crippen LogP contribution in [0.25, 0.3) is 0 Å². The highest BCUT2D eigenvalue weighted by molar-refractivity contribution is 5.68. The molecule has 2 aliphatic carbocycles. The molecular formula is C16H19NO2. The molecular weight excluding hydrogens is 238 g/mol. The van der Waals surface area contributed by atoms with Crippen molar-refractivity contribution in [2.45, 2.75) is 26.0 Å². The molecule has 0 spiro atoms. The average molecular weight is 257 g/mol. The van der Waals surface area contributed by atoms with Gasteiger partial charge in [-0.3, -0.25) is 0 Å². The maximum Gasteiger partial charge on any atom is 0.407 e. The molecule has 3 heteroatoms. The topological polar surface area (TPSA) is 38.3 Å². The van der Waals surface area contributed by atoms with Gasteiger partial charge >= 0.3 is 6.09 Å². The van der Waals surface area contributed by atoms with Gasteiger partial charge in [-0.05, 0) is 29.7 Å². The molecule has 3 rings (SSSR count). The largest absolute Gasteiger partial charge is 0.445 e. The molecule has 1 fully saturated rings. The minimum Gasteiger partial charge on any atom is -0.445 e. The Morgan fingerprint density at radius 3 is 2.68 bits per heavy atom. The number of ether oxygens (including phenoxy) is 1. The van der Waals surface area contributed by atoms with Crippen LogP contribution in [0.2, 0.25) is 0 Å². The number of nitrogens with one attached hydrogen (secondary N) is 1. The number of allylic oxidation sites excluding steroid dienone is 1. The monoisotopic (exact) mass is 257 g/mol. The average Bonchev–Trinajstić information content (AvgIpc) is 3.01. The molecule has 1 N–H and O–H groups in total. The molecule has 0 aromatic heterocycles. The molecule has 1 aromatic rings. The molecule has 2 unspecified atom stereocenters. The molecule has 4 atom stereocenters. The number of hydrogen-bond donors (Lipinski definition) is 1. The molecule has 2 aliphatic rings. The Balaban J connectivity index is 1.51. The maximum atomic E-state index is 11.8. The molecule has 3 nitrogen and oxygen atoms in total. The molecule has 1 saturated carbocycles. The lowest BCUT2D eigenvalue weighted by Gasteiger charge is -2.25. The lowest BCUT2D eigenvalue weighted by atomic mass is 9.91. The van der Waals surface area contributed by atoms with E-state index in [-0.39, 0.29) is 12.1 Å². The number of carbonyl (C=O) groups excluding carboxylic acids is 1. The third-order valence-corrected chi connectivity index (χ3v) is 4.35. The van der Waals surface area contributed by atoms with E-state index >= 15 is 0 Å². The number of alkyl carbamates (subject to hydrolysis) is 1. The Labute approximate surface area is 113 Å². The van der Waals surface area contributed by atoms with Crippen molar-refractivity contribution in [2.75, 3.05) is 0 Å². The summed E-state index contributed by atoms with van der Waals surface area (Å²) in [6.45, 7) is 2.54. The minimum absolute atomic E-state index is 0.235. The first-order valence-electron chi connectivity index (χ1n) is 6.89. The Hall–Kier alpha value is -1.77. The van der Waals surface area contributed by atoms with E-state index in [1.54, 1.807) is 0 Å². The van der Waals surface area contributed by atoms with Gasteiger partial charge in [0.25, 0.3) is 0 Å². The normalized spacial score (nSPS) is 31.4. The standard InChI is InChI=1S/C16H19NO2/c1-11-13-7-8-14(9-13)15(11)17-16(18)19-10-12-5-3-2-4-6-12/h2-8,11,13-15H,9-10H2,1H3,(H,17,18)/t11-,13?,14?,15+/m0/s1. The second-order valence-electron chi connectivity index (χ2n) is 5.54. The van der Waals surface area contributed by atoms with Crippen molar-refractivity contribution in [1.29, 1.82) is 0 Å². The summed E-state index contributed by atoms with van der Waals surface area (Å²) in [5, 5.41) is 3.02. The van der Waals surface area contributed by atoms with Crippen LogP contribution in [0.3, 0.4) is 0 Å². The first kappa shape index (κ1) is 12.3. The van der Waals surface area contributed by atoms with Crippen LogP contribution in [0.5, 0.6) is 0 Å². The number of fused-ring (bicyclic) bond motifs is 2. The van der Waals surface area contributed by atoms with Gasteiger partial charge < -0.3 is 10.1 Å². The van der Waals surface area contributed by atoms with Crippen molar-refractivity contribution < 1.29 is 9.53 Å². The zero-order valence-corrected chi connectivity index (χ0v) is 11.1. The Morgan fingerprint density at radius 2 is 2.00 bits per heavy atom. The van der Waals surface area contributed by atoms with Gasteiger partial charge in [-0.25, -0.2) is 4.79 Å². The smallest absolute Gasteiger partial charge is 0.407 e. The van der Waals surface area contributed by atoms with E-state index in [0.29, 0.717) is 24.4 Å². The van der Waals surface area contributed by atoms with Crippen molar-refractivity contribution in [3.8, 4) is 0 Å². The van der Waals surface area contributed by atoms with E-state index in [1.165, 1.54) is 6.42 Å². The molecule has 100 valence electrons. The van der Waals surface area contributed by atoms with Crippen molar-refractivity contribution >= 4 is 6.09 Å². The fourth-order valence-corrected chi connectivity index (χ4v) is 3.21.